The van der Waals surface area contributed by atoms with E-state index in [2.05, 4.69) is 50.5 Å². The second kappa shape index (κ2) is 5.93. The molecule has 0 saturated carbocycles. The van der Waals surface area contributed by atoms with E-state index in [0.717, 1.165) is 31.8 Å². The molecule has 0 spiro atoms. The van der Waals surface area contributed by atoms with Crippen LogP contribution >= 0.6 is 0 Å². The van der Waals surface area contributed by atoms with Crippen molar-refractivity contribution in [3.8, 4) is 0 Å². The van der Waals surface area contributed by atoms with Crippen molar-refractivity contribution in [2.45, 2.75) is 25.2 Å². The second-order valence-electron chi connectivity index (χ2n) is 6.03. The van der Waals surface area contributed by atoms with Crippen LogP contribution in [-0.2, 0) is 6.42 Å². The number of nitrogens with zero attached hydrogens (tertiary/aromatic N) is 3. The van der Waals surface area contributed by atoms with Gasteiger partial charge < -0.3 is 14.4 Å². The lowest BCUT2D eigenvalue weighted by molar-refractivity contribution is 0.327. The summed E-state index contributed by atoms with van der Waals surface area (Å²) in [6.45, 7) is 3.43. The Bertz CT molecular complexity index is 734. The smallest absolute Gasteiger partial charge is 0.213 e. The van der Waals surface area contributed by atoms with Crippen molar-refractivity contribution in [3.63, 3.8) is 0 Å². The molecule has 1 N–H and O–H groups in total. The molecule has 4 rings (SSSR count). The summed E-state index contributed by atoms with van der Waals surface area (Å²) in [7, 11) is 0. The summed E-state index contributed by atoms with van der Waals surface area (Å²) in [5.41, 5.74) is 2.71. The van der Waals surface area contributed by atoms with Crippen molar-refractivity contribution in [2.75, 3.05) is 19.6 Å². The fourth-order valence-corrected chi connectivity index (χ4v) is 3.48. The van der Waals surface area contributed by atoms with Gasteiger partial charge in [-0.25, -0.2) is 0 Å². The number of hydrogen-bond donors (Lipinski definition) is 1. The standard InChI is InChI=1S/C17H20N4O/c1-2-5-16-14(4-1)15(10-18-16)13-7-9-21(11-13)8-3-6-17-19-12-22-20-17/h1-2,4-5,10,12-13,18H,3,6-9,11H2/t13-/m1/s1. The topological polar surface area (TPSA) is 58.0 Å². The van der Waals surface area contributed by atoms with Crippen molar-refractivity contribution in [1.82, 2.24) is 20.0 Å². The molecule has 1 saturated heterocycles. The first-order valence-electron chi connectivity index (χ1n) is 7.94. The largest absolute Gasteiger partial charge is 0.361 e. The summed E-state index contributed by atoms with van der Waals surface area (Å²) >= 11 is 0. The lowest BCUT2D eigenvalue weighted by Crippen LogP contribution is -2.22. The molecule has 0 unspecified atom stereocenters. The normalized spacial score (nSPS) is 19.2. The summed E-state index contributed by atoms with van der Waals surface area (Å²) < 4.78 is 4.77. The van der Waals surface area contributed by atoms with E-state index >= 15 is 0 Å². The number of aromatic nitrogens is 3. The van der Waals surface area contributed by atoms with Gasteiger partial charge in [-0.1, -0.05) is 23.4 Å². The van der Waals surface area contributed by atoms with E-state index in [9.17, 15) is 0 Å². The van der Waals surface area contributed by atoms with E-state index in [1.54, 1.807) is 0 Å². The third kappa shape index (κ3) is 2.64. The average molecular weight is 296 g/mol. The number of aryl methyl sites for hydroxylation is 1. The highest BCUT2D eigenvalue weighted by Crippen LogP contribution is 2.32. The van der Waals surface area contributed by atoms with Gasteiger partial charge in [0.25, 0.3) is 0 Å². The van der Waals surface area contributed by atoms with Gasteiger partial charge in [-0.3, -0.25) is 0 Å². The Morgan fingerprint density at radius 3 is 3.18 bits per heavy atom. The molecule has 0 radical (unpaired) electrons. The number of rotatable bonds is 5. The Morgan fingerprint density at radius 2 is 2.27 bits per heavy atom. The van der Waals surface area contributed by atoms with Crippen molar-refractivity contribution in [2.24, 2.45) is 0 Å². The third-order valence-corrected chi connectivity index (χ3v) is 4.62. The number of benzene rings is 1. The summed E-state index contributed by atoms with van der Waals surface area (Å²) in [5, 5.41) is 5.24. The lowest BCUT2D eigenvalue weighted by Gasteiger charge is -2.15. The molecule has 3 aromatic rings. The molecule has 5 heteroatoms. The Balaban J connectivity index is 1.36. The van der Waals surface area contributed by atoms with Crippen LogP contribution in [0.4, 0.5) is 0 Å². The highest BCUT2D eigenvalue weighted by atomic mass is 16.5. The maximum absolute atomic E-state index is 4.77. The monoisotopic (exact) mass is 296 g/mol. The maximum Gasteiger partial charge on any atom is 0.213 e. The first-order chi connectivity index (χ1) is 10.9. The van der Waals surface area contributed by atoms with Crippen LogP contribution in [0.2, 0.25) is 0 Å². The molecule has 5 nitrogen and oxygen atoms in total. The minimum absolute atomic E-state index is 0.640. The van der Waals surface area contributed by atoms with Crippen molar-refractivity contribution >= 4 is 10.9 Å². The molecule has 1 aromatic carbocycles. The first-order valence-corrected chi connectivity index (χ1v) is 7.94. The zero-order chi connectivity index (χ0) is 14.8. The van der Waals surface area contributed by atoms with Gasteiger partial charge in [0.15, 0.2) is 5.82 Å². The molecular weight excluding hydrogens is 276 g/mol. The van der Waals surface area contributed by atoms with Gasteiger partial charge in [0, 0.05) is 30.1 Å². The quantitative estimate of drug-likeness (QED) is 0.786. The number of aromatic amines is 1. The highest BCUT2D eigenvalue weighted by molar-refractivity contribution is 5.83. The van der Waals surface area contributed by atoms with Gasteiger partial charge in [0.2, 0.25) is 6.39 Å². The molecule has 1 atom stereocenters. The average Bonchev–Trinajstić information content (AvgIpc) is 3.27. The molecule has 1 aliphatic rings. The van der Waals surface area contributed by atoms with Crippen LogP contribution in [0.25, 0.3) is 10.9 Å². The van der Waals surface area contributed by atoms with Gasteiger partial charge >= 0.3 is 0 Å². The van der Waals surface area contributed by atoms with Crippen LogP contribution in [0.1, 0.15) is 30.1 Å². The second-order valence-corrected chi connectivity index (χ2v) is 6.03. The van der Waals surface area contributed by atoms with Crippen LogP contribution < -0.4 is 0 Å². The van der Waals surface area contributed by atoms with Crippen molar-refractivity contribution in [3.05, 3.63) is 48.2 Å². The van der Waals surface area contributed by atoms with Crippen LogP contribution in [0, 0.1) is 0 Å². The molecule has 2 aromatic heterocycles. The first kappa shape index (κ1) is 13.5. The summed E-state index contributed by atoms with van der Waals surface area (Å²) in [6.07, 6.45) is 6.81. The van der Waals surface area contributed by atoms with E-state index < -0.39 is 0 Å². The van der Waals surface area contributed by atoms with E-state index in [0.29, 0.717) is 5.92 Å². The molecule has 1 aliphatic heterocycles. The molecule has 114 valence electrons. The van der Waals surface area contributed by atoms with Gasteiger partial charge in [-0.2, -0.15) is 4.98 Å². The SMILES string of the molecule is c1ccc2c([C@@H]3CCN(CCCc4ncon4)C3)c[nH]c2c1. The predicted molar refractivity (Wildman–Crippen MR) is 84.7 cm³/mol. The lowest BCUT2D eigenvalue weighted by atomic mass is 9.98. The summed E-state index contributed by atoms with van der Waals surface area (Å²) in [6, 6.07) is 8.58. The molecule has 0 amide bonds. The number of likely N-dealkylation sites (tertiary alicyclic amines) is 1. The zero-order valence-corrected chi connectivity index (χ0v) is 12.5. The summed E-state index contributed by atoms with van der Waals surface area (Å²) in [4.78, 5) is 10.0. The number of fused-ring (bicyclic) bond motifs is 1. The molecule has 22 heavy (non-hydrogen) atoms. The van der Waals surface area contributed by atoms with Crippen LogP contribution in [0.15, 0.2) is 41.4 Å². The van der Waals surface area contributed by atoms with Gasteiger partial charge in [-0.15, -0.1) is 0 Å². The van der Waals surface area contributed by atoms with Crippen molar-refractivity contribution < 1.29 is 4.52 Å². The molecular formula is C17H20N4O. The predicted octanol–water partition coefficient (Wildman–Crippen LogP) is 2.97. The van der Waals surface area contributed by atoms with Crippen LogP contribution in [0.3, 0.4) is 0 Å². The Morgan fingerprint density at radius 1 is 1.32 bits per heavy atom. The summed E-state index contributed by atoms with van der Waals surface area (Å²) in [5.74, 6) is 1.45. The fourth-order valence-electron chi connectivity index (χ4n) is 3.48. The molecule has 0 bridgehead atoms. The fraction of sp³-hybridized carbons (Fsp3) is 0.412. The van der Waals surface area contributed by atoms with Crippen LogP contribution in [0.5, 0.6) is 0 Å². The Labute approximate surface area is 129 Å². The van der Waals surface area contributed by atoms with Gasteiger partial charge in [0.1, 0.15) is 0 Å². The number of H-pyrrole nitrogens is 1. The van der Waals surface area contributed by atoms with Gasteiger partial charge in [0.05, 0.1) is 0 Å². The van der Waals surface area contributed by atoms with E-state index in [1.807, 2.05) is 0 Å². The van der Waals surface area contributed by atoms with E-state index in [4.69, 9.17) is 4.52 Å². The Kier molecular flexibility index (Phi) is 3.64. The zero-order valence-electron chi connectivity index (χ0n) is 12.5. The molecule has 0 aliphatic carbocycles. The maximum atomic E-state index is 4.77. The van der Waals surface area contributed by atoms with E-state index in [1.165, 1.54) is 35.8 Å². The molecule has 3 heterocycles. The van der Waals surface area contributed by atoms with Crippen molar-refractivity contribution in [1.29, 1.82) is 0 Å². The number of hydrogen-bond acceptors (Lipinski definition) is 4. The third-order valence-electron chi connectivity index (χ3n) is 4.62. The number of para-hydroxylation sites is 1. The Hall–Kier alpha value is -2.14. The highest BCUT2D eigenvalue weighted by Gasteiger charge is 2.25. The molecule has 1 fully saturated rings. The minimum atomic E-state index is 0.640. The van der Waals surface area contributed by atoms with Gasteiger partial charge in [-0.05, 0) is 43.5 Å². The van der Waals surface area contributed by atoms with E-state index in [-0.39, 0.29) is 0 Å². The van der Waals surface area contributed by atoms with Crippen LogP contribution in [-0.4, -0.2) is 39.7 Å². The number of nitrogens with one attached hydrogen (secondary N) is 1. The minimum Gasteiger partial charge on any atom is -0.361 e.